The number of likely N-dealkylation sites (tertiary alicyclic amines) is 1. The summed E-state index contributed by atoms with van der Waals surface area (Å²) in [5.74, 6) is -0.615. The summed E-state index contributed by atoms with van der Waals surface area (Å²) in [5.41, 5.74) is 2.34. The molecule has 3 rings (SSSR count). The average Bonchev–Trinajstić information content (AvgIpc) is 3.13. The van der Waals surface area contributed by atoms with Crippen LogP contribution in [0.4, 0.5) is 4.39 Å². The molecule has 1 aliphatic heterocycles. The predicted octanol–water partition coefficient (Wildman–Crippen LogP) is 1.94. The Balaban J connectivity index is 1.54. The predicted molar refractivity (Wildman–Crippen MR) is 94.2 cm³/mol. The highest BCUT2D eigenvalue weighted by Gasteiger charge is 2.15. The van der Waals surface area contributed by atoms with Gasteiger partial charge in [0.05, 0.1) is 25.8 Å². The van der Waals surface area contributed by atoms with E-state index < -0.39 is 11.7 Å². The molecule has 0 unspecified atom stereocenters. The zero-order valence-corrected chi connectivity index (χ0v) is 14.5. The van der Waals surface area contributed by atoms with Crippen LogP contribution in [0.25, 0.3) is 0 Å². The van der Waals surface area contributed by atoms with Gasteiger partial charge in [0.15, 0.2) is 0 Å². The third-order valence-electron chi connectivity index (χ3n) is 4.66. The third kappa shape index (κ3) is 4.57. The first-order valence-corrected chi connectivity index (χ1v) is 8.69. The smallest absolute Gasteiger partial charge is 0.254 e. The van der Waals surface area contributed by atoms with E-state index >= 15 is 0 Å². The normalized spacial score (nSPS) is 14.5. The van der Waals surface area contributed by atoms with Crippen LogP contribution in [0.5, 0.6) is 5.75 Å². The third-order valence-corrected chi connectivity index (χ3v) is 4.66. The molecule has 1 heterocycles. The number of methoxy groups -OCH3 is 1. The zero-order chi connectivity index (χ0) is 17.6. The quantitative estimate of drug-likeness (QED) is 0.842. The SMILES string of the molecule is COc1ccc(C(=O)NCc2ccc(C[NH+]3CCCC3)cc2)c(F)c1. The number of quaternary nitrogens is 1. The van der Waals surface area contributed by atoms with Crippen molar-refractivity contribution in [2.75, 3.05) is 20.2 Å². The molecule has 0 aromatic heterocycles. The van der Waals surface area contributed by atoms with Crippen LogP contribution in [-0.4, -0.2) is 26.1 Å². The van der Waals surface area contributed by atoms with Gasteiger partial charge in [-0.15, -0.1) is 0 Å². The van der Waals surface area contributed by atoms with Crippen molar-refractivity contribution in [1.29, 1.82) is 0 Å². The number of rotatable bonds is 6. The number of carbonyl (C=O) groups excluding carboxylic acids is 1. The molecule has 1 aliphatic rings. The highest BCUT2D eigenvalue weighted by atomic mass is 19.1. The minimum absolute atomic E-state index is 0.0232. The van der Waals surface area contributed by atoms with Crippen molar-refractivity contribution in [2.24, 2.45) is 0 Å². The summed E-state index contributed by atoms with van der Waals surface area (Å²) in [5, 5.41) is 2.76. The fourth-order valence-corrected chi connectivity index (χ4v) is 3.20. The fraction of sp³-hybridized carbons (Fsp3) is 0.350. The molecule has 0 saturated carbocycles. The van der Waals surface area contributed by atoms with Crippen molar-refractivity contribution < 1.29 is 18.8 Å². The summed E-state index contributed by atoms with van der Waals surface area (Å²) in [4.78, 5) is 13.8. The molecule has 1 amide bonds. The Bertz CT molecular complexity index is 725. The number of amides is 1. The van der Waals surface area contributed by atoms with Crippen molar-refractivity contribution >= 4 is 5.91 Å². The number of benzene rings is 2. The van der Waals surface area contributed by atoms with Gasteiger partial charge in [0, 0.05) is 31.0 Å². The van der Waals surface area contributed by atoms with Crippen LogP contribution in [-0.2, 0) is 13.1 Å². The minimum atomic E-state index is -0.583. The molecule has 25 heavy (non-hydrogen) atoms. The van der Waals surface area contributed by atoms with E-state index in [1.54, 1.807) is 11.0 Å². The van der Waals surface area contributed by atoms with Crippen LogP contribution in [0.2, 0.25) is 0 Å². The minimum Gasteiger partial charge on any atom is -0.497 e. The van der Waals surface area contributed by atoms with Crippen LogP contribution in [0.3, 0.4) is 0 Å². The summed E-state index contributed by atoms with van der Waals surface area (Å²) in [6, 6.07) is 12.5. The van der Waals surface area contributed by atoms with E-state index in [9.17, 15) is 9.18 Å². The molecule has 2 aromatic carbocycles. The summed E-state index contributed by atoms with van der Waals surface area (Å²) < 4.78 is 18.9. The van der Waals surface area contributed by atoms with Crippen molar-refractivity contribution in [1.82, 2.24) is 5.32 Å². The van der Waals surface area contributed by atoms with Crippen LogP contribution >= 0.6 is 0 Å². The maximum atomic E-state index is 13.9. The molecule has 0 radical (unpaired) electrons. The molecule has 5 heteroatoms. The summed E-state index contributed by atoms with van der Waals surface area (Å²) in [6.45, 7) is 3.95. The van der Waals surface area contributed by atoms with E-state index in [1.807, 2.05) is 12.1 Å². The lowest BCUT2D eigenvalue weighted by atomic mass is 10.1. The molecule has 4 nitrogen and oxygen atoms in total. The number of carbonyl (C=O) groups is 1. The van der Waals surface area contributed by atoms with Gasteiger partial charge in [-0.05, 0) is 17.7 Å². The first-order chi connectivity index (χ1) is 12.2. The Morgan fingerprint density at radius 1 is 1.12 bits per heavy atom. The molecule has 0 atom stereocenters. The molecule has 2 aromatic rings. The number of nitrogens with one attached hydrogen (secondary N) is 2. The monoisotopic (exact) mass is 343 g/mol. The van der Waals surface area contributed by atoms with Crippen molar-refractivity contribution in [3.8, 4) is 5.75 Å². The highest BCUT2D eigenvalue weighted by Crippen LogP contribution is 2.16. The second-order valence-corrected chi connectivity index (χ2v) is 6.48. The fourth-order valence-electron chi connectivity index (χ4n) is 3.20. The molecular weight excluding hydrogens is 319 g/mol. The van der Waals surface area contributed by atoms with Crippen LogP contribution < -0.4 is 15.0 Å². The van der Waals surface area contributed by atoms with Gasteiger partial charge in [-0.1, -0.05) is 24.3 Å². The Morgan fingerprint density at radius 2 is 1.80 bits per heavy atom. The average molecular weight is 343 g/mol. The Labute approximate surface area is 147 Å². The van der Waals surface area contributed by atoms with Crippen LogP contribution in [0, 0.1) is 5.82 Å². The van der Waals surface area contributed by atoms with Gasteiger partial charge in [0.25, 0.3) is 5.91 Å². The molecule has 1 fully saturated rings. The maximum Gasteiger partial charge on any atom is 0.254 e. The largest absolute Gasteiger partial charge is 0.497 e. The van der Waals surface area contributed by atoms with Gasteiger partial charge in [0.1, 0.15) is 18.1 Å². The van der Waals surface area contributed by atoms with Crippen molar-refractivity contribution in [3.05, 3.63) is 65.0 Å². The second-order valence-electron chi connectivity index (χ2n) is 6.48. The topological polar surface area (TPSA) is 42.8 Å². The van der Waals surface area contributed by atoms with Gasteiger partial charge in [-0.2, -0.15) is 0 Å². The van der Waals surface area contributed by atoms with E-state index in [4.69, 9.17) is 4.74 Å². The number of hydrogen-bond donors (Lipinski definition) is 2. The first kappa shape index (κ1) is 17.4. The molecule has 1 saturated heterocycles. The van der Waals surface area contributed by atoms with Gasteiger partial charge >= 0.3 is 0 Å². The summed E-state index contributed by atoms with van der Waals surface area (Å²) in [6.07, 6.45) is 2.64. The van der Waals surface area contributed by atoms with Gasteiger partial charge in [0.2, 0.25) is 0 Å². The second kappa shape index (κ2) is 8.12. The van der Waals surface area contributed by atoms with Gasteiger partial charge in [-0.3, -0.25) is 4.79 Å². The highest BCUT2D eigenvalue weighted by molar-refractivity contribution is 5.94. The van der Waals surface area contributed by atoms with Gasteiger partial charge < -0.3 is 15.0 Å². The van der Waals surface area contributed by atoms with Crippen LogP contribution in [0.1, 0.15) is 34.3 Å². The summed E-state index contributed by atoms with van der Waals surface area (Å²) in [7, 11) is 1.46. The van der Waals surface area contributed by atoms with E-state index in [-0.39, 0.29) is 5.56 Å². The number of halogens is 1. The Hall–Kier alpha value is -2.40. The molecule has 2 N–H and O–H groups in total. The zero-order valence-electron chi connectivity index (χ0n) is 14.5. The van der Waals surface area contributed by atoms with Gasteiger partial charge in [-0.25, -0.2) is 4.39 Å². The number of hydrogen-bond acceptors (Lipinski definition) is 2. The number of ether oxygens (including phenoxy) is 1. The lowest BCUT2D eigenvalue weighted by Crippen LogP contribution is -3.08. The van der Waals surface area contributed by atoms with Crippen molar-refractivity contribution in [2.45, 2.75) is 25.9 Å². The van der Waals surface area contributed by atoms with E-state index in [2.05, 4.69) is 17.4 Å². The molecule has 0 bridgehead atoms. The first-order valence-electron chi connectivity index (χ1n) is 8.69. The van der Waals surface area contributed by atoms with Crippen LogP contribution in [0.15, 0.2) is 42.5 Å². The van der Waals surface area contributed by atoms with E-state index in [0.717, 1.165) is 12.1 Å². The Kier molecular flexibility index (Phi) is 5.66. The lowest BCUT2D eigenvalue weighted by Gasteiger charge is -2.12. The summed E-state index contributed by atoms with van der Waals surface area (Å²) >= 11 is 0. The lowest BCUT2D eigenvalue weighted by molar-refractivity contribution is -0.901. The Morgan fingerprint density at radius 3 is 2.44 bits per heavy atom. The molecule has 132 valence electrons. The van der Waals surface area contributed by atoms with E-state index in [1.165, 1.54) is 50.7 Å². The standard InChI is InChI=1S/C20H23FN2O2/c1-25-17-8-9-18(19(21)12-17)20(24)22-13-15-4-6-16(7-5-15)14-23-10-2-3-11-23/h4-9,12H,2-3,10-11,13-14H2,1H3,(H,22,24)/p+1. The molecular formula is C20H24FN2O2+. The molecule has 0 aliphatic carbocycles. The van der Waals surface area contributed by atoms with E-state index in [0.29, 0.717) is 12.3 Å². The van der Waals surface area contributed by atoms with Crippen molar-refractivity contribution in [3.63, 3.8) is 0 Å². The molecule has 0 spiro atoms. The maximum absolute atomic E-state index is 13.9.